The quantitative estimate of drug-likeness (QED) is 0.180. The molecule has 0 aliphatic carbocycles. The third-order valence-electron chi connectivity index (χ3n) is 10.5. The summed E-state index contributed by atoms with van der Waals surface area (Å²) in [5.41, 5.74) is 10.6. The van der Waals surface area contributed by atoms with Crippen LogP contribution >= 0.6 is 0 Å². The van der Waals surface area contributed by atoms with Gasteiger partial charge < -0.3 is 8.83 Å². The van der Waals surface area contributed by atoms with Gasteiger partial charge in [0.15, 0.2) is 11.2 Å². The lowest BCUT2D eigenvalue weighted by molar-refractivity contribution is 0.633. The summed E-state index contributed by atoms with van der Waals surface area (Å²) in [5, 5.41) is 11.9. The Bertz CT molecular complexity index is 3080. The molecule has 0 atom stereocenters. The molecule has 2 heteroatoms. The Balaban J connectivity index is 1.04. The fourth-order valence-corrected chi connectivity index (χ4v) is 8.12. The van der Waals surface area contributed by atoms with Gasteiger partial charge >= 0.3 is 0 Å². The molecule has 2 nitrogen and oxygen atoms in total. The highest BCUT2D eigenvalue weighted by molar-refractivity contribution is 6.22. The summed E-state index contributed by atoms with van der Waals surface area (Å²) in [5.74, 6) is 0. The standard InChI is InChI=1S/C48H28O2/c1-2-10-32-27-34(22-19-29(32)9-1)46-39-14-5-3-12-37(39)45(38-13-4-6-15-40(38)46)31-20-17-30(18-21-31)33-23-24-36-42-26-25-41-35-11-7-8-16-43(35)49-47(41)48(42)50-44(36)28-33/h1-28H. The van der Waals surface area contributed by atoms with Crippen LogP contribution in [0.15, 0.2) is 179 Å². The third kappa shape index (κ3) is 3.96. The highest BCUT2D eigenvalue weighted by Crippen LogP contribution is 2.45. The van der Waals surface area contributed by atoms with Crippen molar-refractivity contribution < 1.29 is 8.83 Å². The van der Waals surface area contributed by atoms with E-state index in [1.807, 2.05) is 18.2 Å². The van der Waals surface area contributed by atoms with E-state index in [4.69, 9.17) is 8.83 Å². The molecule has 11 aromatic rings. The minimum absolute atomic E-state index is 0.798. The smallest absolute Gasteiger partial charge is 0.178 e. The van der Waals surface area contributed by atoms with Gasteiger partial charge in [-0.05, 0) is 102 Å². The molecular formula is C48H28O2. The number of para-hydroxylation sites is 1. The summed E-state index contributed by atoms with van der Waals surface area (Å²) >= 11 is 0. The number of hydrogen-bond acceptors (Lipinski definition) is 2. The van der Waals surface area contributed by atoms with E-state index in [2.05, 4.69) is 152 Å². The Kier molecular flexibility index (Phi) is 5.70. The van der Waals surface area contributed by atoms with Crippen molar-refractivity contribution in [3.05, 3.63) is 170 Å². The Morgan fingerprint density at radius 3 is 1.40 bits per heavy atom. The average molecular weight is 637 g/mol. The van der Waals surface area contributed by atoms with Gasteiger partial charge in [-0.1, -0.05) is 133 Å². The zero-order valence-electron chi connectivity index (χ0n) is 27.0. The third-order valence-corrected chi connectivity index (χ3v) is 10.5. The lowest BCUT2D eigenvalue weighted by Gasteiger charge is -2.18. The average Bonchev–Trinajstić information content (AvgIpc) is 3.75. The normalized spacial score (nSPS) is 12.0. The molecule has 0 spiro atoms. The van der Waals surface area contributed by atoms with Crippen LogP contribution in [0.5, 0.6) is 0 Å². The molecule has 0 N–H and O–H groups in total. The zero-order valence-corrected chi connectivity index (χ0v) is 27.0. The van der Waals surface area contributed by atoms with E-state index >= 15 is 0 Å². The maximum Gasteiger partial charge on any atom is 0.178 e. The highest BCUT2D eigenvalue weighted by Gasteiger charge is 2.18. The van der Waals surface area contributed by atoms with Crippen LogP contribution in [0.4, 0.5) is 0 Å². The first-order valence-electron chi connectivity index (χ1n) is 17.1. The Hall–Kier alpha value is -6.64. The number of furan rings is 2. The van der Waals surface area contributed by atoms with E-state index in [-0.39, 0.29) is 0 Å². The van der Waals surface area contributed by atoms with E-state index in [0.717, 1.165) is 55.0 Å². The van der Waals surface area contributed by atoms with Crippen molar-refractivity contribution in [1.29, 1.82) is 0 Å². The number of benzene rings is 9. The predicted octanol–water partition coefficient (Wildman–Crippen LogP) is 13.9. The summed E-state index contributed by atoms with van der Waals surface area (Å²) < 4.78 is 12.8. The second-order valence-corrected chi connectivity index (χ2v) is 13.2. The maximum absolute atomic E-state index is 6.52. The van der Waals surface area contributed by atoms with Crippen LogP contribution in [0.3, 0.4) is 0 Å². The first-order valence-corrected chi connectivity index (χ1v) is 17.1. The van der Waals surface area contributed by atoms with Gasteiger partial charge in [0.2, 0.25) is 0 Å². The van der Waals surface area contributed by atoms with Crippen LogP contribution in [0.25, 0.3) is 110 Å². The topological polar surface area (TPSA) is 26.3 Å². The van der Waals surface area contributed by atoms with Crippen LogP contribution in [0.1, 0.15) is 0 Å². The molecule has 50 heavy (non-hydrogen) atoms. The minimum atomic E-state index is 0.798. The van der Waals surface area contributed by atoms with E-state index < -0.39 is 0 Å². The number of fused-ring (bicyclic) bond motifs is 10. The molecule has 2 aromatic heterocycles. The van der Waals surface area contributed by atoms with E-state index in [9.17, 15) is 0 Å². The summed E-state index contributed by atoms with van der Waals surface area (Å²) in [6.45, 7) is 0. The zero-order chi connectivity index (χ0) is 32.8. The largest absolute Gasteiger partial charge is 0.452 e. The molecule has 0 unspecified atom stereocenters. The van der Waals surface area contributed by atoms with Crippen molar-refractivity contribution in [2.24, 2.45) is 0 Å². The van der Waals surface area contributed by atoms with Gasteiger partial charge in [0, 0.05) is 21.5 Å². The molecular weight excluding hydrogens is 609 g/mol. The van der Waals surface area contributed by atoms with Crippen LogP contribution in [0, 0.1) is 0 Å². The SMILES string of the molecule is c1ccc2cc(-c3c4ccccc4c(-c4ccc(-c5ccc6c(c5)oc5c6ccc6c7ccccc7oc65)cc4)c4ccccc34)ccc2c1. The Morgan fingerprint density at radius 2 is 0.720 bits per heavy atom. The second-order valence-electron chi connectivity index (χ2n) is 13.2. The van der Waals surface area contributed by atoms with Crippen molar-refractivity contribution in [2.45, 2.75) is 0 Å². The van der Waals surface area contributed by atoms with Crippen LogP contribution < -0.4 is 0 Å². The minimum Gasteiger partial charge on any atom is -0.452 e. The van der Waals surface area contributed by atoms with E-state index in [1.165, 1.54) is 54.6 Å². The van der Waals surface area contributed by atoms with E-state index in [0.29, 0.717) is 0 Å². The van der Waals surface area contributed by atoms with Crippen molar-refractivity contribution in [2.75, 3.05) is 0 Å². The van der Waals surface area contributed by atoms with Crippen molar-refractivity contribution in [3.8, 4) is 33.4 Å². The Morgan fingerprint density at radius 1 is 0.260 bits per heavy atom. The molecule has 0 fully saturated rings. The van der Waals surface area contributed by atoms with E-state index in [1.54, 1.807) is 0 Å². The van der Waals surface area contributed by atoms with Gasteiger partial charge in [0.05, 0.1) is 0 Å². The highest BCUT2D eigenvalue weighted by atomic mass is 16.4. The van der Waals surface area contributed by atoms with Gasteiger partial charge in [0.25, 0.3) is 0 Å². The number of hydrogen-bond donors (Lipinski definition) is 0. The molecule has 0 bridgehead atoms. The van der Waals surface area contributed by atoms with Gasteiger partial charge in [-0.15, -0.1) is 0 Å². The maximum atomic E-state index is 6.52. The molecule has 0 saturated heterocycles. The van der Waals surface area contributed by atoms with Crippen LogP contribution in [-0.4, -0.2) is 0 Å². The van der Waals surface area contributed by atoms with Gasteiger partial charge in [-0.25, -0.2) is 0 Å². The fourth-order valence-electron chi connectivity index (χ4n) is 8.12. The van der Waals surface area contributed by atoms with Gasteiger partial charge in [0.1, 0.15) is 11.2 Å². The molecule has 0 amide bonds. The fraction of sp³-hybridized carbons (Fsp3) is 0. The summed E-state index contributed by atoms with van der Waals surface area (Å²) in [7, 11) is 0. The summed E-state index contributed by atoms with van der Waals surface area (Å²) in [6.07, 6.45) is 0. The molecule has 2 heterocycles. The molecule has 0 aliphatic heterocycles. The van der Waals surface area contributed by atoms with Gasteiger partial charge in [-0.3, -0.25) is 0 Å². The van der Waals surface area contributed by atoms with Crippen molar-refractivity contribution in [3.63, 3.8) is 0 Å². The van der Waals surface area contributed by atoms with Gasteiger partial charge in [-0.2, -0.15) is 0 Å². The summed E-state index contributed by atoms with van der Waals surface area (Å²) in [4.78, 5) is 0. The molecule has 0 saturated carbocycles. The lowest BCUT2D eigenvalue weighted by atomic mass is 9.85. The molecule has 9 aromatic carbocycles. The van der Waals surface area contributed by atoms with Crippen molar-refractivity contribution in [1.82, 2.24) is 0 Å². The first-order chi connectivity index (χ1) is 24.8. The van der Waals surface area contributed by atoms with Crippen molar-refractivity contribution >= 4 is 76.2 Å². The molecule has 0 aliphatic rings. The van der Waals surface area contributed by atoms with Crippen LogP contribution in [-0.2, 0) is 0 Å². The molecule has 232 valence electrons. The molecule has 11 rings (SSSR count). The lowest BCUT2D eigenvalue weighted by Crippen LogP contribution is -1.91. The first kappa shape index (κ1) is 27.3. The molecule has 0 radical (unpaired) electrons. The summed E-state index contributed by atoms with van der Waals surface area (Å²) in [6, 6.07) is 61.1. The monoisotopic (exact) mass is 636 g/mol. The Labute approximate surface area is 287 Å². The second kappa shape index (κ2) is 10.4. The predicted molar refractivity (Wildman–Crippen MR) is 210 cm³/mol. The number of rotatable bonds is 3. The van der Waals surface area contributed by atoms with Crippen LogP contribution in [0.2, 0.25) is 0 Å².